The molecule has 2 amide bonds. The Bertz CT molecular complexity index is 2000. The van der Waals surface area contributed by atoms with Crippen molar-refractivity contribution < 1.29 is 14.0 Å². The molecule has 10 heteroatoms. The average molecular weight is 621 g/mol. The number of aryl methyl sites for hydroxylation is 1. The second kappa shape index (κ2) is 12.3. The van der Waals surface area contributed by atoms with Gasteiger partial charge in [0, 0.05) is 36.6 Å². The van der Waals surface area contributed by atoms with Crippen LogP contribution in [-0.2, 0) is 4.79 Å². The van der Waals surface area contributed by atoms with Crippen molar-refractivity contribution in [2.45, 2.75) is 46.5 Å². The Labute approximate surface area is 266 Å². The molecular weight excluding hydrogens is 583 g/mol. The molecule has 6 rings (SSSR count). The number of amides is 2. The number of benzene rings is 3. The van der Waals surface area contributed by atoms with Crippen LogP contribution in [0.15, 0.2) is 71.7 Å². The van der Waals surface area contributed by atoms with Gasteiger partial charge < -0.3 is 16.0 Å². The van der Waals surface area contributed by atoms with Crippen molar-refractivity contribution in [2.75, 3.05) is 24.1 Å². The van der Waals surface area contributed by atoms with Crippen LogP contribution in [-0.4, -0.2) is 44.6 Å². The van der Waals surface area contributed by atoms with Crippen molar-refractivity contribution in [1.82, 2.24) is 19.7 Å². The Morgan fingerprint density at radius 3 is 2.35 bits per heavy atom. The number of piperidine rings is 1. The Hall–Kier alpha value is -5.25. The van der Waals surface area contributed by atoms with E-state index in [0.717, 1.165) is 59.1 Å². The quantitative estimate of drug-likeness (QED) is 0.204. The smallest absolute Gasteiger partial charge is 0.268 e. The molecule has 1 aliphatic rings. The van der Waals surface area contributed by atoms with E-state index in [4.69, 9.17) is 5.73 Å². The monoisotopic (exact) mass is 620 g/mol. The molecule has 0 bridgehead atoms. The summed E-state index contributed by atoms with van der Waals surface area (Å²) in [4.78, 5) is 41.4. The molecule has 3 aromatic carbocycles. The summed E-state index contributed by atoms with van der Waals surface area (Å²) in [5.41, 5.74) is 12.0. The summed E-state index contributed by atoms with van der Waals surface area (Å²) in [7, 11) is 0. The van der Waals surface area contributed by atoms with E-state index >= 15 is 0 Å². The van der Waals surface area contributed by atoms with Crippen LogP contribution in [0.5, 0.6) is 0 Å². The fraction of sp³-hybridized carbons (Fsp3) is 0.278. The van der Waals surface area contributed by atoms with E-state index in [0.29, 0.717) is 28.7 Å². The third kappa shape index (κ3) is 5.78. The number of carbonyl (C=O) groups excluding carboxylic acids is 2. The summed E-state index contributed by atoms with van der Waals surface area (Å²) in [6, 6.07) is 17.2. The summed E-state index contributed by atoms with van der Waals surface area (Å²) >= 11 is 0. The summed E-state index contributed by atoms with van der Waals surface area (Å²) in [6.07, 6.45) is 3.40. The number of aromatic nitrogens is 3. The van der Waals surface area contributed by atoms with Crippen molar-refractivity contribution in [2.24, 2.45) is 5.92 Å². The number of hydrogen-bond acceptors (Lipinski definition) is 5. The number of anilines is 2. The van der Waals surface area contributed by atoms with Gasteiger partial charge in [-0.25, -0.2) is 4.39 Å². The summed E-state index contributed by atoms with van der Waals surface area (Å²) in [6.45, 7) is 8.88. The van der Waals surface area contributed by atoms with Gasteiger partial charge in [-0.15, -0.1) is 0 Å². The van der Waals surface area contributed by atoms with Crippen LogP contribution in [0.2, 0.25) is 0 Å². The molecule has 236 valence electrons. The second-order valence-electron chi connectivity index (χ2n) is 12.3. The first kappa shape index (κ1) is 30.8. The summed E-state index contributed by atoms with van der Waals surface area (Å²) in [5, 5.41) is 11.0. The molecule has 9 nitrogen and oxygen atoms in total. The molecule has 0 atom stereocenters. The number of hydrogen-bond donors (Lipinski definition) is 3. The zero-order chi connectivity index (χ0) is 32.7. The van der Waals surface area contributed by atoms with Gasteiger partial charge in [0.2, 0.25) is 5.91 Å². The van der Waals surface area contributed by atoms with E-state index in [2.05, 4.69) is 27.6 Å². The van der Waals surface area contributed by atoms with Gasteiger partial charge in [-0.1, -0.05) is 26.0 Å². The standard InChI is InChI=1S/C36H37FN6O3/c1-20(2)35(45)42-15-13-23(14-16-42)25-17-29(32-30(18-25)40-41-33(32)38)24-5-9-27(10-6-24)39-34(44)31-22(4)21(3)19-43(36(31)46)28-11-7-26(37)8-12-28/h5-12,17-20,23H,13-16H2,1-4H3,(H,39,44)(H3,38,40,41). The molecule has 0 saturated carbocycles. The van der Waals surface area contributed by atoms with E-state index < -0.39 is 17.3 Å². The second-order valence-corrected chi connectivity index (χ2v) is 12.3. The van der Waals surface area contributed by atoms with Gasteiger partial charge in [0.15, 0.2) is 5.82 Å². The maximum Gasteiger partial charge on any atom is 0.268 e. The van der Waals surface area contributed by atoms with Gasteiger partial charge in [-0.2, -0.15) is 5.10 Å². The molecule has 0 radical (unpaired) electrons. The molecule has 46 heavy (non-hydrogen) atoms. The number of fused-ring (bicyclic) bond motifs is 1. The third-order valence-electron chi connectivity index (χ3n) is 8.99. The number of pyridine rings is 1. The summed E-state index contributed by atoms with van der Waals surface area (Å²) < 4.78 is 14.9. The van der Waals surface area contributed by atoms with E-state index in [-0.39, 0.29) is 17.4 Å². The predicted molar refractivity (Wildman–Crippen MR) is 179 cm³/mol. The highest BCUT2D eigenvalue weighted by molar-refractivity contribution is 6.06. The number of likely N-dealkylation sites (tertiary alicyclic amines) is 1. The minimum absolute atomic E-state index is 0.0128. The lowest BCUT2D eigenvalue weighted by Crippen LogP contribution is -2.40. The molecule has 3 heterocycles. The molecule has 0 spiro atoms. The number of aromatic amines is 1. The zero-order valence-electron chi connectivity index (χ0n) is 26.4. The number of nitrogens with zero attached hydrogens (tertiary/aromatic N) is 3. The molecular formula is C36H37FN6O3. The van der Waals surface area contributed by atoms with Gasteiger partial charge in [-0.05, 0) is 109 Å². The van der Waals surface area contributed by atoms with Crippen LogP contribution >= 0.6 is 0 Å². The van der Waals surface area contributed by atoms with Gasteiger partial charge in [-0.3, -0.25) is 24.0 Å². The molecule has 5 aromatic rings. The number of nitrogens with two attached hydrogens (primary N) is 1. The third-order valence-corrected chi connectivity index (χ3v) is 8.99. The van der Waals surface area contributed by atoms with E-state index in [1.807, 2.05) is 37.8 Å². The first-order valence-corrected chi connectivity index (χ1v) is 15.5. The number of rotatable bonds is 6. The van der Waals surface area contributed by atoms with Gasteiger partial charge in [0.05, 0.1) is 10.9 Å². The fourth-order valence-electron chi connectivity index (χ4n) is 6.28. The first-order chi connectivity index (χ1) is 22.0. The van der Waals surface area contributed by atoms with Gasteiger partial charge >= 0.3 is 0 Å². The Morgan fingerprint density at radius 1 is 1.02 bits per heavy atom. The lowest BCUT2D eigenvalue weighted by molar-refractivity contribution is -0.135. The molecule has 1 aliphatic heterocycles. The molecule has 1 fully saturated rings. The van der Waals surface area contributed by atoms with Crippen LogP contribution in [0.1, 0.15) is 59.7 Å². The molecule has 0 aliphatic carbocycles. The highest BCUT2D eigenvalue weighted by Crippen LogP contribution is 2.38. The average Bonchev–Trinajstić information content (AvgIpc) is 3.43. The number of nitrogens with one attached hydrogen (secondary N) is 2. The first-order valence-electron chi connectivity index (χ1n) is 15.5. The summed E-state index contributed by atoms with van der Waals surface area (Å²) in [5.74, 6) is -0.0660. The minimum atomic E-state index is -0.527. The van der Waals surface area contributed by atoms with Gasteiger partial charge in [0.1, 0.15) is 11.4 Å². The number of nitrogen functional groups attached to an aromatic ring is 1. The maximum atomic E-state index is 13.5. The minimum Gasteiger partial charge on any atom is -0.382 e. The van der Waals surface area contributed by atoms with E-state index in [1.165, 1.54) is 28.8 Å². The van der Waals surface area contributed by atoms with Crippen molar-refractivity contribution in [1.29, 1.82) is 0 Å². The molecule has 4 N–H and O–H groups in total. The Kier molecular flexibility index (Phi) is 8.20. The highest BCUT2D eigenvalue weighted by atomic mass is 19.1. The van der Waals surface area contributed by atoms with Crippen molar-refractivity contribution in [3.8, 4) is 16.8 Å². The molecule has 0 unspecified atom stereocenters. The van der Waals surface area contributed by atoms with Crippen molar-refractivity contribution >= 4 is 34.2 Å². The Balaban J connectivity index is 1.27. The lowest BCUT2D eigenvalue weighted by Gasteiger charge is -2.33. The van der Waals surface area contributed by atoms with Crippen molar-refractivity contribution in [3.63, 3.8) is 0 Å². The molecule has 1 saturated heterocycles. The zero-order valence-corrected chi connectivity index (χ0v) is 26.4. The maximum absolute atomic E-state index is 13.5. The van der Waals surface area contributed by atoms with Crippen LogP contribution in [0.4, 0.5) is 15.9 Å². The van der Waals surface area contributed by atoms with E-state index in [9.17, 15) is 18.8 Å². The number of H-pyrrole nitrogens is 1. The van der Waals surface area contributed by atoms with Crippen molar-refractivity contribution in [3.05, 3.63) is 105 Å². The van der Waals surface area contributed by atoms with Crippen LogP contribution in [0.3, 0.4) is 0 Å². The Morgan fingerprint density at radius 2 is 1.70 bits per heavy atom. The SMILES string of the molecule is Cc1cn(-c2ccc(F)cc2)c(=O)c(C(=O)Nc2ccc(-c3cc(C4CCN(C(=O)C(C)C)CC4)cc4[nH]nc(N)c34)cc2)c1C. The van der Waals surface area contributed by atoms with Crippen LogP contribution in [0.25, 0.3) is 27.7 Å². The lowest BCUT2D eigenvalue weighted by atomic mass is 9.86. The topological polar surface area (TPSA) is 126 Å². The largest absolute Gasteiger partial charge is 0.382 e. The predicted octanol–water partition coefficient (Wildman–Crippen LogP) is 6.33. The highest BCUT2D eigenvalue weighted by Gasteiger charge is 2.26. The van der Waals surface area contributed by atoms with E-state index in [1.54, 1.807) is 25.3 Å². The van der Waals surface area contributed by atoms with Crippen LogP contribution in [0, 0.1) is 25.6 Å². The van der Waals surface area contributed by atoms with Gasteiger partial charge in [0.25, 0.3) is 11.5 Å². The normalized spacial score (nSPS) is 13.8. The van der Waals surface area contributed by atoms with Crippen LogP contribution < -0.4 is 16.6 Å². The number of halogens is 1. The number of carbonyl (C=O) groups is 2. The fourth-order valence-corrected chi connectivity index (χ4v) is 6.28. The molecule has 2 aromatic heterocycles.